The first-order chi connectivity index (χ1) is 8.56. The maximum Gasteiger partial charge on any atom is 0.339 e. The Morgan fingerprint density at radius 3 is 2.94 bits per heavy atom. The third-order valence-corrected chi connectivity index (χ3v) is 3.43. The highest BCUT2D eigenvalue weighted by molar-refractivity contribution is 7.16. The molecular weight excluding hydrogens is 274 g/mol. The second-order valence-electron chi connectivity index (χ2n) is 3.53. The first kappa shape index (κ1) is 12.7. The number of carboxylic acids is 1. The summed E-state index contributed by atoms with van der Waals surface area (Å²) in [6.07, 6.45) is 1.41. The molecule has 2 heterocycles. The van der Waals surface area contributed by atoms with E-state index in [1.54, 1.807) is 6.07 Å². The number of anilines is 2. The van der Waals surface area contributed by atoms with Crippen molar-refractivity contribution in [2.24, 2.45) is 0 Å². The molecule has 4 N–H and O–H groups in total. The van der Waals surface area contributed by atoms with Gasteiger partial charge in [-0.15, -0.1) is 11.3 Å². The second-order valence-corrected chi connectivity index (χ2v) is 5.33. The van der Waals surface area contributed by atoms with Gasteiger partial charge in [-0.3, -0.25) is 0 Å². The standard InChI is InChI=1S/C11H10ClN3O2S/c12-9-2-1-7(18-9)5-15-10-8(11(16)17)3-6(13)4-14-10/h1-4H,5,13H2,(H,14,15)(H,16,17). The molecule has 2 aromatic heterocycles. The van der Waals surface area contributed by atoms with Crippen LogP contribution in [0, 0.1) is 0 Å². The molecule has 0 saturated heterocycles. The summed E-state index contributed by atoms with van der Waals surface area (Å²) in [5.74, 6) is -0.775. The van der Waals surface area contributed by atoms with Gasteiger partial charge in [0.25, 0.3) is 0 Å². The third-order valence-electron chi connectivity index (χ3n) is 2.20. The van der Waals surface area contributed by atoms with E-state index in [-0.39, 0.29) is 5.56 Å². The number of aromatic nitrogens is 1. The summed E-state index contributed by atoms with van der Waals surface area (Å²) in [6, 6.07) is 5.04. The minimum Gasteiger partial charge on any atom is -0.478 e. The molecule has 0 saturated carbocycles. The van der Waals surface area contributed by atoms with Crippen molar-refractivity contribution < 1.29 is 9.90 Å². The van der Waals surface area contributed by atoms with E-state index < -0.39 is 5.97 Å². The van der Waals surface area contributed by atoms with Crippen molar-refractivity contribution in [3.63, 3.8) is 0 Å². The number of nitrogens with zero attached hydrogens (tertiary/aromatic N) is 1. The number of halogens is 1. The molecule has 0 aromatic carbocycles. The van der Waals surface area contributed by atoms with Crippen LogP contribution in [-0.4, -0.2) is 16.1 Å². The summed E-state index contributed by atoms with van der Waals surface area (Å²) in [6.45, 7) is 0.467. The van der Waals surface area contributed by atoms with Gasteiger partial charge in [-0.1, -0.05) is 11.6 Å². The van der Waals surface area contributed by atoms with Crippen LogP contribution in [-0.2, 0) is 6.54 Å². The summed E-state index contributed by atoms with van der Waals surface area (Å²) >= 11 is 7.24. The molecule has 0 aliphatic rings. The van der Waals surface area contributed by atoms with E-state index in [4.69, 9.17) is 22.4 Å². The smallest absolute Gasteiger partial charge is 0.339 e. The average molecular weight is 284 g/mol. The van der Waals surface area contributed by atoms with Crippen molar-refractivity contribution >= 4 is 40.4 Å². The van der Waals surface area contributed by atoms with Gasteiger partial charge in [0, 0.05) is 4.88 Å². The summed E-state index contributed by atoms with van der Waals surface area (Å²) < 4.78 is 0.690. The van der Waals surface area contributed by atoms with E-state index in [2.05, 4.69) is 10.3 Å². The van der Waals surface area contributed by atoms with Crippen LogP contribution in [0.5, 0.6) is 0 Å². The Morgan fingerprint density at radius 1 is 1.56 bits per heavy atom. The van der Waals surface area contributed by atoms with Gasteiger partial charge in [-0.25, -0.2) is 9.78 Å². The highest BCUT2D eigenvalue weighted by Gasteiger charge is 2.12. The van der Waals surface area contributed by atoms with Crippen LogP contribution in [0.4, 0.5) is 11.5 Å². The number of carboxylic acid groups (broad SMARTS) is 1. The molecule has 0 atom stereocenters. The van der Waals surface area contributed by atoms with Gasteiger partial charge in [0.15, 0.2) is 0 Å². The normalized spacial score (nSPS) is 10.3. The number of hydrogen-bond donors (Lipinski definition) is 3. The molecule has 0 aliphatic carbocycles. The summed E-state index contributed by atoms with van der Waals surface area (Å²) in [5, 5.41) is 12.0. The average Bonchev–Trinajstić information content (AvgIpc) is 2.73. The lowest BCUT2D eigenvalue weighted by Gasteiger charge is -2.07. The maximum absolute atomic E-state index is 11.0. The Labute approximate surface area is 112 Å². The summed E-state index contributed by atoms with van der Waals surface area (Å²) in [4.78, 5) is 16.0. The largest absolute Gasteiger partial charge is 0.478 e. The Hall–Kier alpha value is -1.79. The molecule has 2 aromatic rings. The zero-order valence-corrected chi connectivity index (χ0v) is 10.8. The van der Waals surface area contributed by atoms with E-state index in [9.17, 15) is 4.79 Å². The molecular formula is C11H10ClN3O2S. The van der Waals surface area contributed by atoms with Crippen molar-refractivity contribution in [2.75, 3.05) is 11.1 Å². The SMILES string of the molecule is Nc1cnc(NCc2ccc(Cl)s2)c(C(=O)O)c1. The van der Waals surface area contributed by atoms with Crippen LogP contribution in [0.15, 0.2) is 24.4 Å². The first-order valence-corrected chi connectivity index (χ1v) is 6.22. The minimum atomic E-state index is -1.07. The molecule has 0 bridgehead atoms. The predicted molar refractivity (Wildman–Crippen MR) is 72.3 cm³/mol. The molecule has 7 heteroatoms. The molecule has 0 unspecified atom stereocenters. The molecule has 0 amide bonds. The van der Waals surface area contributed by atoms with Gasteiger partial charge in [0.2, 0.25) is 0 Å². The van der Waals surface area contributed by atoms with E-state index >= 15 is 0 Å². The van der Waals surface area contributed by atoms with Gasteiger partial charge >= 0.3 is 5.97 Å². The number of hydrogen-bond acceptors (Lipinski definition) is 5. The molecule has 5 nitrogen and oxygen atoms in total. The minimum absolute atomic E-state index is 0.0534. The van der Waals surface area contributed by atoms with Crippen molar-refractivity contribution in [1.82, 2.24) is 4.98 Å². The summed E-state index contributed by atoms with van der Waals surface area (Å²) in [5.41, 5.74) is 5.88. The summed E-state index contributed by atoms with van der Waals surface area (Å²) in [7, 11) is 0. The third kappa shape index (κ3) is 2.91. The number of nitrogens with two attached hydrogens (primary N) is 1. The fourth-order valence-electron chi connectivity index (χ4n) is 1.40. The molecule has 0 radical (unpaired) electrons. The Bertz CT molecular complexity index is 585. The van der Waals surface area contributed by atoms with Gasteiger partial charge in [0.1, 0.15) is 11.4 Å². The zero-order valence-electron chi connectivity index (χ0n) is 9.18. The highest BCUT2D eigenvalue weighted by atomic mass is 35.5. The molecule has 0 spiro atoms. The quantitative estimate of drug-likeness (QED) is 0.803. The lowest BCUT2D eigenvalue weighted by molar-refractivity contribution is 0.0697. The Morgan fingerprint density at radius 2 is 2.33 bits per heavy atom. The van der Waals surface area contributed by atoms with Crippen LogP contribution in [0.25, 0.3) is 0 Å². The number of rotatable bonds is 4. The number of pyridine rings is 1. The number of carbonyl (C=O) groups is 1. The fourth-order valence-corrected chi connectivity index (χ4v) is 2.43. The van der Waals surface area contributed by atoms with Crippen molar-refractivity contribution in [3.05, 3.63) is 39.2 Å². The van der Waals surface area contributed by atoms with E-state index in [1.807, 2.05) is 6.07 Å². The van der Waals surface area contributed by atoms with Crippen molar-refractivity contribution in [3.8, 4) is 0 Å². The number of thiophene rings is 1. The van der Waals surface area contributed by atoms with Gasteiger partial charge in [-0.05, 0) is 18.2 Å². The predicted octanol–water partition coefficient (Wildman–Crippen LogP) is 2.69. The van der Waals surface area contributed by atoms with Crippen LogP contribution in [0.1, 0.15) is 15.2 Å². The monoisotopic (exact) mass is 283 g/mol. The first-order valence-electron chi connectivity index (χ1n) is 5.03. The van der Waals surface area contributed by atoms with Crippen LogP contribution >= 0.6 is 22.9 Å². The van der Waals surface area contributed by atoms with Crippen LogP contribution in [0.2, 0.25) is 4.34 Å². The fraction of sp³-hybridized carbons (Fsp3) is 0.0909. The van der Waals surface area contributed by atoms with Gasteiger partial charge in [0.05, 0.1) is 22.8 Å². The number of aromatic carboxylic acids is 1. The zero-order chi connectivity index (χ0) is 13.1. The topological polar surface area (TPSA) is 88.2 Å². The van der Waals surface area contributed by atoms with Gasteiger partial charge in [-0.2, -0.15) is 0 Å². The van der Waals surface area contributed by atoms with E-state index in [1.165, 1.54) is 23.6 Å². The molecule has 0 aliphatic heterocycles. The Balaban J connectivity index is 2.16. The van der Waals surface area contributed by atoms with Crippen molar-refractivity contribution in [1.29, 1.82) is 0 Å². The number of nitrogen functional groups attached to an aromatic ring is 1. The van der Waals surface area contributed by atoms with Crippen LogP contribution < -0.4 is 11.1 Å². The second kappa shape index (κ2) is 5.24. The maximum atomic E-state index is 11.0. The van der Waals surface area contributed by atoms with Gasteiger partial charge < -0.3 is 16.2 Å². The van der Waals surface area contributed by atoms with E-state index in [0.717, 1.165) is 4.88 Å². The number of nitrogens with one attached hydrogen (secondary N) is 1. The molecule has 94 valence electrons. The van der Waals surface area contributed by atoms with Crippen LogP contribution in [0.3, 0.4) is 0 Å². The lowest BCUT2D eigenvalue weighted by Crippen LogP contribution is -2.08. The van der Waals surface area contributed by atoms with E-state index in [0.29, 0.717) is 22.4 Å². The lowest BCUT2D eigenvalue weighted by atomic mass is 10.2. The molecule has 2 rings (SSSR count). The highest BCUT2D eigenvalue weighted by Crippen LogP contribution is 2.23. The Kier molecular flexibility index (Phi) is 3.69. The molecule has 0 fully saturated rings. The van der Waals surface area contributed by atoms with Crippen molar-refractivity contribution in [2.45, 2.75) is 6.54 Å². The molecule has 18 heavy (non-hydrogen) atoms.